The third-order valence-corrected chi connectivity index (χ3v) is 3.96. The summed E-state index contributed by atoms with van der Waals surface area (Å²) in [5.41, 5.74) is 0.945. The fourth-order valence-electron chi connectivity index (χ4n) is 2.69. The van der Waals surface area contributed by atoms with Crippen molar-refractivity contribution in [1.82, 2.24) is 10.6 Å². The summed E-state index contributed by atoms with van der Waals surface area (Å²) in [7, 11) is 1.73. The number of ether oxygens (including phenoxy) is 1. The van der Waals surface area contributed by atoms with Crippen molar-refractivity contribution in [3.05, 3.63) is 29.8 Å². The molecular formula is C17H24F3N3O. The Kier molecular flexibility index (Phi) is 6.75. The lowest BCUT2D eigenvalue weighted by atomic mass is 9.96. The quantitative estimate of drug-likeness (QED) is 0.634. The van der Waals surface area contributed by atoms with E-state index in [4.69, 9.17) is 4.74 Å². The van der Waals surface area contributed by atoms with Gasteiger partial charge < -0.3 is 15.4 Å². The van der Waals surface area contributed by atoms with Crippen LogP contribution >= 0.6 is 0 Å². The molecule has 2 rings (SSSR count). The number of guanidine groups is 1. The Morgan fingerprint density at radius 3 is 2.42 bits per heavy atom. The molecule has 0 aromatic heterocycles. The zero-order valence-corrected chi connectivity index (χ0v) is 13.8. The topological polar surface area (TPSA) is 45.7 Å². The van der Waals surface area contributed by atoms with Gasteiger partial charge in [-0.05, 0) is 30.5 Å². The average molecular weight is 343 g/mol. The molecule has 1 aromatic carbocycles. The number of benzene rings is 1. The molecule has 0 unspecified atom stereocenters. The maximum absolute atomic E-state index is 12.1. The van der Waals surface area contributed by atoms with Gasteiger partial charge in [-0.2, -0.15) is 13.2 Å². The Hall–Kier alpha value is -1.92. The van der Waals surface area contributed by atoms with Crippen molar-refractivity contribution in [1.29, 1.82) is 0 Å². The Morgan fingerprint density at radius 2 is 1.83 bits per heavy atom. The van der Waals surface area contributed by atoms with Crippen LogP contribution in [0.3, 0.4) is 0 Å². The average Bonchev–Trinajstić information content (AvgIpc) is 2.58. The third kappa shape index (κ3) is 6.68. The number of nitrogens with zero attached hydrogens (tertiary/aromatic N) is 1. The largest absolute Gasteiger partial charge is 0.484 e. The standard InChI is InChI=1S/C17H24F3N3O/c1-21-16(23-14-5-3-2-4-6-14)22-11-13-7-9-15(10-8-13)24-12-17(18,19)20/h7-10,14H,2-6,11-12H2,1H3,(H2,21,22,23). The zero-order valence-electron chi connectivity index (χ0n) is 13.8. The van der Waals surface area contributed by atoms with Crippen LogP contribution in [0.1, 0.15) is 37.7 Å². The molecule has 134 valence electrons. The lowest BCUT2D eigenvalue weighted by Gasteiger charge is -2.24. The van der Waals surface area contributed by atoms with Gasteiger partial charge in [0.2, 0.25) is 0 Å². The van der Waals surface area contributed by atoms with Crippen molar-refractivity contribution >= 4 is 5.96 Å². The first kappa shape index (κ1) is 18.4. The normalized spacial score (nSPS) is 16.8. The van der Waals surface area contributed by atoms with E-state index in [1.807, 2.05) is 0 Å². The zero-order chi connectivity index (χ0) is 17.4. The monoisotopic (exact) mass is 343 g/mol. The number of rotatable bonds is 5. The third-order valence-electron chi connectivity index (χ3n) is 3.96. The minimum Gasteiger partial charge on any atom is -0.484 e. The first-order valence-electron chi connectivity index (χ1n) is 8.22. The first-order chi connectivity index (χ1) is 11.5. The molecule has 1 aromatic rings. The van der Waals surface area contributed by atoms with E-state index in [2.05, 4.69) is 15.6 Å². The first-order valence-corrected chi connectivity index (χ1v) is 8.22. The molecule has 4 nitrogen and oxygen atoms in total. The van der Waals surface area contributed by atoms with Crippen LogP contribution in [0.5, 0.6) is 5.75 Å². The van der Waals surface area contributed by atoms with Crippen molar-refractivity contribution in [2.24, 2.45) is 4.99 Å². The van der Waals surface area contributed by atoms with E-state index < -0.39 is 12.8 Å². The van der Waals surface area contributed by atoms with Crippen LogP contribution < -0.4 is 15.4 Å². The summed E-state index contributed by atoms with van der Waals surface area (Å²) in [6.45, 7) is -0.728. The summed E-state index contributed by atoms with van der Waals surface area (Å²) in [6, 6.07) is 7.03. The highest BCUT2D eigenvalue weighted by Crippen LogP contribution is 2.19. The molecule has 0 aliphatic heterocycles. The minimum atomic E-state index is -4.32. The molecule has 0 radical (unpaired) electrons. The SMILES string of the molecule is CN=C(NCc1ccc(OCC(F)(F)F)cc1)NC1CCCCC1. The Balaban J connectivity index is 1.78. The van der Waals surface area contributed by atoms with Gasteiger partial charge in [-0.3, -0.25) is 4.99 Å². The van der Waals surface area contributed by atoms with Crippen LogP contribution in [0.25, 0.3) is 0 Å². The number of halogens is 3. The van der Waals surface area contributed by atoms with Gasteiger partial charge in [0, 0.05) is 19.6 Å². The lowest BCUT2D eigenvalue weighted by Crippen LogP contribution is -2.43. The molecule has 1 aliphatic rings. The van der Waals surface area contributed by atoms with Crippen LogP contribution in [0, 0.1) is 0 Å². The predicted molar refractivity (Wildman–Crippen MR) is 88.2 cm³/mol. The summed E-state index contributed by atoms with van der Waals surface area (Å²) in [5.74, 6) is 0.958. The predicted octanol–water partition coefficient (Wildman–Crippen LogP) is 3.63. The molecule has 1 fully saturated rings. The van der Waals surface area contributed by atoms with Crippen LogP contribution in [-0.2, 0) is 6.54 Å². The highest BCUT2D eigenvalue weighted by atomic mass is 19.4. The van der Waals surface area contributed by atoms with Gasteiger partial charge >= 0.3 is 6.18 Å². The Bertz CT molecular complexity index is 523. The van der Waals surface area contributed by atoms with E-state index in [-0.39, 0.29) is 5.75 Å². The van der Waals surface area contributed by atoms with Crippen LogP contribution in [0.2, 0.25) is 0 Å². The number of hydrogen-bond donors (Lipinski definition) is 2. The maximum atomic E-state index is 12.1. The van der Waals surface area contributed by atoms with Gasteiger partial charge in [-0.1, -0.05) is 31.4 Å². The van der Waals surface area contributed by atoms with Gasteiger partial charge in [0.05, 0.1) is 0 Å². The molecule has 7 heteroatoms. The molecule has 24 heavy (non-hydrogen) atoms. The van der Waals surface area contributed by atoms with E-state index >= 15 is 0 Å². The van der Waals surface area contributed by atoms with Crippen LogP contribution in [0.4, 0.5) is 13.2 Å². The number of aliphatic imine (C=N–C) groups is 1. The highest BCUT2D eigenvalue weighted by Gasteiger charge is 2.28. The Morgan fingerprint density at radius 1 is 1.17 bits per heavy atom. The molecule has 1 aliphatic carbocycles. The van der Waals surface area contributed by atoms with Crippen molar-refractivity contribution < 1.29 is 17.9 Å². The second kappa shape index (κ2) is 8.80. The lowest BCUT2D eigenvalue weighted by molar-refractivity contribution is -0.153. The number of hydrogen-bond acceptors (Lipinski definition) is 2. The molecule has 0 saturated heterocycles. The van der Waals surface area contributed by atoms with Gasteiger partial charge in [0.15, 0.2) is 12.6 Å². The van der Waals surface area contributed by atoms with Crippen LogP contribution in [0.15, 0.2) is 29.3 Å². The summed E-state index contributed by atoms with van der Waals surface area (Å²) in [5, 5.41) is 6.64. The van der Waals surface area contributed by atoms with E-state index in [0.29, 0.717) is 12.6 Å². The van der Waals surface area contributed by atoms with E-state index in [0.717, 1.165) is 24.4 Å². The summed E-state index contributed by atoms with van der Waals surface area (Å²) in [6.07, 6.45) is 1.78. The highest BCUT2D eigenvalue weighted by molar-refractivity contribution is 5.79. The van der Waals surface area contributed by atoms with Crippen molar-refractivity contribution in [3.63, 3.8) is 0 Å². The number of alkyl halides is 3. The molecular weight excluding hydrogens is 319 g/mol. The fraction of sp³-hybridized carbons (Fsp3) is 0.588. The fourth-order valence-corrected chi connectivity index (χ4v) is 2.69. The van der Waals surface area contributed by atoms with Crippen LogP contribution in [-0.4, -0.2) is 31.8 Å². The molecule has 0 atom stereocenters. The van der Waals surface area contributed by atoms with Gasteiger partial charge in [-0.15, -0.1) is 0 Å². The van der Waals surface area contributed by atoms with E-state index in [1.165, 1.54) is 19.3 Å². The van der Waals surface area contributed by atoms with Crippen molar-refractivity contribution in [3.8, 4) is 5.75 Å². The van der Waals surface area contributed by atoms with Gasteiger partial charge in [0.25, 0.3) is 0 Å². The molecule has 0 bridgehead atoms. The molecule has 1 saturated carbocycles. The molecule has 0 amide bonds. The molecule has 0 heterocycles. The van der Waals surface area contributed by atoms with Crippen molar-refractivity contribution in [2.45, 2.75) is 50.9 Å². The summed E-state index contributed by atoms with van der Waals surface area (Å²) < 4.78 is 41.0. The minimum absolute atomic E-state index is 0.209. The van der Waals surface area contributed by atoms with E-state index in [1.54, 1.807) is 31.3 Å². The Labute approximate surface area is 140 Å². The number of nitrogens with one attached hydrogen (secondary N) is 2. The summed E-state index contributed by atoms with van der Waals surface area (Å²) in [4.78, 5) is 4.22. The second-order valence-electron chi connectivity index (χ2n) is 5.95. The maximum Gasteiger partial charge on any atom is 0.422 e. The molecule has 0 spiro atoms. The van der Waals surface area contributed by atoms with Gasteiger partial charge in [-0.25, -0.2) is 0 Å². The smallest absolute Gasteiger partial charge is 0.422 e. The van der Waals surface area contributed by atoms with Gasteiger partial charge in [0.1, 0.15) is 5.75 Å². The van der Waals surface area contributed by atoms with Crippen molar-refractivity contribution in [2.75, 3.05) is 13.7 Å². The molecule has 2 N–H and O–H groups in total. The second-order valence-corrected chi connectivity index (χ2v) is 5.95. The van der Waals surface area contributed by atoms with E-state index in [9.17, 15) is 13.2 Å². The summed E-state index contributed by atoms with van der Waals surface area (Å²) >= 11 is 0.